The Morgan fingerprint density at radius 3 is 2.76 bits per heavy atom. The molecule has 0 aliphatic carbocycles. The summed E-state index contributed by atoms with van der Waals surface area (Å²) in [5, 5.41) is 0. The molecule has 0 atom stereocenters. The predicted octanol–water partition coefficient (Wildman–Crippen LogP) is 0.892. The van der Waals surface area contributed by atoms with Gasteiger partial charge in [-0.25, -0.2) is 9.97 Å². The standard InChI is InChI=1S/C11H18N4OS/c1-4-15(5-6-16-3)11-13-8(2)7-9(14-11)10(12)17/h7H,4-6H2,1-3H3,(H2,12,17). The van der Waals surface area contributed by atoms with Crippen LogP contribution in [0.1, 0.15) is 18.3 Å². The van der Waals surface area contributed by atoms with Crippen molar-refractivity contribution in [2.45, 2.75) is 13.8 Å². The predicted molar refractivity (Wildman–Crippen MR) is 72.4 cm³/mol. The van der Waals surface area contributed by atoms with E-state index in [-0.39, 0.29) is 0 Å². The fourth-order valence-corrected chi connectivity index (χ4v) is 1.53. The topological polar surface area (TPSA) is 64.3 Å². The van der Waals surface area contributed by atoms with E-state index in [9.17, 15) is 0 Å². The van der Waals surface area contributed by atoms with Crippen LogP contribution < -0.4 is 10.6 Å². The molecule has 1 rings (SSSR count). The van der Waals surface area contributed by atoms with Gasteiger partial charge in [0.1, 0.15) is 10.7 Å². The summed E-state index contributed by atoms with van der Waals surface area (Å²) in [5.41, 5.74) is 7.06. The Bertz CT molecular complexity index is 397. The summed E-state index contributed by atoms with van der Waals surface area (Å²) in [6, 6.07) is 1.79. The zero-order valence-electron chi connectivity index (χ0n) is 10.4. The van der Waals surface area contributed by atoms with Gasteiger partial charge < -0.3 is 15.4 Å². The van der Waals surface area contributed by atoms with Crippen LogP contribution in [-0.4, -0.2) is 41.8 Å². The van der Waals surface area contributed by atoms with Crippen molar-refractivity contribution in [2.75, 3.05) is 31.7 Å². The molecule has 0 aromatic carbocycles. The second-order valence-corrected chi connectivity index (χ2v) is 4.07. The van der Waals surface area contributed by atoms with Crippen LogP contribution in [0.3, 0.4) is 0 Å². The molecular weight excluding hydrogens is 236 g/mol. The molecule has 0 radical (unpaired) electrons. The van der Waals surface area contributed by atoms with Gasteiger partial charge in [-0.15, -0.1) is 0 Å². The molecule has 6 heteroatoms. The number of hydrogen-bond acceptors (Lipinski definition) is 5. The van der Waals surface area contributed by atoms with Gasteiger partial charge in [0.25, 0.3) is 0 Å². The van der Waals surface area contributed by atoms with E-state index in [1.807, 2.05) is 18.7 Å². The molecule has 1 heterocycles. The van der Waals surface area contributed by atoms with Crippen LogP contribution in [0.4, 0.5) is 5.95 Å². The lowest BCUT2D eigenvalue weighted by atomic mass is 10.3. The highest BCUT2D eigenvalue weighted by Gasteiger charge is 2.10. The summed E-state index contributed by atoms with van der Waals surface area (Å²) >= 11 is 4.94. The molecular formula is C11H18N4OS. The van der Waals surface area contributed by atoms with E-state index in [4.69, 9.17) is 22.7 Å². The summed E-state index contributed by atoms with van der Waals surface area (Å²) in [7, 11) is 1.67. The van der Waals surface area contributed by atoms with Crippen molar-refractivity contribution in [3.05, 3.63) is 17.5 Å². The van der Waals surface area contributed by atoms with Crippen LogP contribution in [0.15, 0.2) is 6.07 Å². The van der Waals surface area contributed by atoms with Gasteiger partial charge >= 0.3 is 0 Å². The largest absolute Gasteiger partial charge is 0.388 e. The highest BCUT2D eigenvalue weighted by atomic mass is 32.1. The van der Waals surface area contributed by atoms with Crippen molar-refractivity contribution in [3.8, 4) is 0 Å². The average Bonchev–Trinajstić information content (AvgIpc) is 2.29. The third-order valence-electron chi connectivity index (χ3n) is 2.32. The maximum Gasteiger partial charge on any atom is 0.226 e. The van der Waals surface area contributed by atoms with Gasteiger partial charge in [0.15, 0.2) is 0 Å². The number of thiocarbonyl (C=S) groups is 1. The number of anilines is 1. The molecule has 0 aliphatic rings. The minimum absolute atomic E-state index is 0.291. The molecule has 1 aromatic rings. The van der Waals surface area contributed by atoms with Gasteiger partial charge in [-0.1, -0.05) is 12.2 Å². The first-order valence-electron chi connectivity index (χ1n) is 5.47. The molecule has 1 aromatic heterocycles. The first-order valence-corrected chi connectivity index (χ1v) is 5.88. The second kappa shape index (κ2) is 6.46. The molecule has 0 fully saturated rings. The summed E-state index contributed by atoms with van der Waals surface area (Å²) < 4.78 is 5.06. The van der Waals surface area contributed by atoms with Crippen LogP contribution in [0.5, 0.6) is 0 Å². The Hall–Kier alpha value is -1.27. The maximum atomic E-state index is 5.59. The van der Waals surface area contributed by atoms with Gasteiger partial charge in [-0.2, -0.15) is 0 Å². The quantitative estimate of drug-likeness (QED) is 0.761. The molecule has 0 spiro atoms. The summed E-state index contributed by atoms with van der Waals surface area (Å²) in [6.45, 7) is 6.13. The summed E-state index contributed by atoms with van der Waals surface area (Å²) in [6.07, 6.45) is 0. The Balaban J connectivity index is 2.98. The number of aryl methyl sites for hydroxylation is 1. The van der Waals surface area contributed by atoms with Gasteiger partial charge in [-0.05, 0) is 19.9 Å². The molecule has 0 aliphatic heterocycles. The summed E-state index contributed by atoms with van der Waals surface area (Å²) in [5.74, 6) is 0.646. The van der Waals surface area contributed by atoms with Crippen molar-refractivity contribution in [3.63, 3.8) is 0 Å². The minimum atomic E-state index is 0.291. The van der Waals surface area contributed by atoms with E-state index in [0.717, 1.165) is 18.8 Å². The lowest BCUT2D eigenvalue weighted by Gasteiger charge is -2.21. The van der Waals surface area contributed by atoms with Crippen molar-refractivity contribution >= 4 is 23.2 Å². The molecule has 0 saturated heterocycles. The SMILES string of the molecule is CCN(CCOC)c1nc(C)cc(C(N)=S)n1. The molecule has 94 valence electrons. The van der Waals surface area contributed by atoms with E-state index in [1.54, 1.807) is 13.2 Å². The zero-order chi connectivity index (χ0) is 12.8. The van der Waals surface area contributed by atoms with Crippen LogP contribution in [0.25, 0.3) is 0 Å². The van der Waals surface area contributed by atoms with Gasteiger partial charge in [0, 0.05) is 25.9 Å². The van der Waals surface area contributed by atoms with E-state index in [0.29, 0.717) is 23.2 Å². The molecule has 2 N–H and O–H groups in total. The van der Waals surface area contributed by atoms with Gasteiger partial charge in [0.2, 0.25) is 5.95 Å². The highest BCUT2D eigenvalue weighted by Crippen LogP contribution is 2.10. The third-order valence-corrected chi connectivity index (χ3v) is 2.53. The fourth-order valence-electron chi connectivity index (χ4n) is 1.42. The lowest BCUT2D eigenvalue weighted by molar-refractivity contribution is 0.205. The normalized spacial score (nSPS) is 10.3. The number of nitrogens with two attached hydrogens (primary N) is 1. The molecule has 0 saturated carbocycles. The number of hydrogen-bond donors (Lipinski definition) is 1. The Kier molecular flexibility index (Phi) is 5.24. The molecule has 17 heavy (non-hydrogen) atoms. The third kappa shape index (κ3) is 3.90. The number of ether oxygens (including phenoxy) is 1. The number of likely N-dealkylation sites (N-methyl/N-ethyl adjacent to an activating group) is 1. The Labute approximate surface area is 107 Å². The van der Waals surface area contributed by atoms with Crippen molar-refractivity contribution in [1.29, 1.82) is 0 Å². The Morgan fingerprint density at radius 1 is 1.53 bits per heavy atom. The molecule has 5 nitrogen and oxygen atoms in total. The zero-order valence-corrected chi connectivity index (χ0v) is 11.3. The van der Waals surface area contributed by atoms with E-state index >= 15 is 0 Å². The van der Waals surface area contributed by atoms with Crippen LogP contribution >= 0.6 is 12.2 Å². The molecule has 0 bridgehead atoms. The highest BCUT2D eigenvalue weighted by molar-refractivity contribution is 7.80. The average molecular weight is 254 g/mol. The number of rotatable bonds is 6. The van der Waals surface area contributed by atoms with Crippen molar-refractivity contribution in [1.82, 2.24) is 9.97 Å². The minimum Gasteiger partial charge on any atom is -0.388 e. The maximum absolute atomic E-state index is 5.59. The number of aromatic nitrogens is 2. The first-order chi connectivity index (χ1) is 8.08. The Morgan fingerprint density at radius 2 is 2.24 bits per heavy atom. The molecule has 0 amide bonds. The lowest BCUT2D eigenvalue weighted by Crippen LogP contribution is -2.29. The van der Waals surface area contributed by atoms with Crippen molar-refractivity contribution in [2.24, 2.45) is 5.73 Å². The van der Waals surface area contributed by atoms with Gasteiger partial charge in [0.05, 0.1) is 6.61 Å². The van der Waals surface area contributed by atoms with E-state index < -0.39 is 0 Å². The van der Waals surface area contributed by atoms with Crippen LogP contribution in [-0.2, 0) is 4.74 Å². The number of methoxy groups -OCH3 is 1. The number of nitrogens with zero attached hydrogens (tertiary/aromatic N) is 3. The van der Waals surface area contributed by atoms with Crippen LogP contribution in [0, 0.1) is 6.92 Å². The molecule has 0 unspecified atom stereocenters. The second-order valence-electron chi connectivity index (χ2n) is 3.63. The van der Waals surface area contributed by atoms with E-state index in [1.165, 1.54) is 0 Å². The first kappa shape index (κ1) is 13.8. The smallest absolute Gasteiger partial charge is 0.226 e. The van der Waals surface area contributed by atoms with Crippen LogP contribution in [0.2, 0.25) is 0 Å². The fraction of sp³-hybridized carbons (Fsp3) is 0.545. The van der Waals surface area contributed by atoms with Gasteiger partial charge in [-0.3, -0.25) is 0 Å². The summed E-state index contributed by atoms with van der Waals surface area (Å²) in [4.78, 5) is 11.1. The van der Waals surface area contributed by atoms with E-state index in [2.05, 4.69) is 9.97 Å². The van der Waals surface area contributed by atoms with Crippen molar-refractivity contribution < 1.29 is 4.74 Å². The monoisotopic (exact) mass is 254 g/mol.